The highest BCUT2D eigenvalue weighted by Crippen LogP contribution is 2.25. The second-order valence-corrected chi connectivity index (χ2v) is 5.79. The van der Waals surface area contributed by atoms with Gasteiger partial charge in [-0.3, -0.25) is 0 Å². The molecule has 104 valence electrons. The molecular formula is C15H28N2O. The van der Waals surface area contributed by atoms with Crippen LogP contribution in [0.25, 0.3) is 0 Å². The van der Waals surface area contributed by atoms with Crippen LogP contribution in [0.5, 0.6) is 0 Å². The van der Waals surface area contributed by atoms with Crippen molar-refractivity contribution in [1.29, 1.82) is 0 Å². The van der Waals surface area contributed by atoms with Crippen molar-refractivity contribution in [2.24, 2.45) is 0 Å². The molecule has 0 aliphatic carbocycles. The summed E-state index contributed by atoms with van der Waals surface area (Å²) in [7, 11) is 0. The highest BCUT2D eigenvalue weighted by Gasteiger charge is 2.32. The number of urea groups is 1. The summed E-state index contributed by atoms with van der Waals surface area (Å²) in [6, 6.07) is 1.31. The van der Waals surface area contributed by atoms with Crippen molar-refractivity contribution in [2.45, 2.75) is 77.3 Å². The predicted octanol–water partition coefficient (Wildman–Crippen LogP) is 3.64. The molecule has 2 fully saturated rings. The highest BCUT2D eigenvalue weighted by atomic mass is 16.2. The third-order valence-electron chi connectivity index (χ3n) is 4.69. The number of carbonyl (C=O) groups is 1. The van der Waals surface area contributed by atoms with Crippen molar-refractivity contribution in [3.63, 3.8) is 0 Å². The Labute approximate surface area is 112 Å². The van der Waals surface area contributed by atoms with E-state index in [1.165, 1.54) is 38.5 Å². The van der Waals surface area contributed by atoms with Gasteiger partial charge in [0.1, 0.15) is 0 Å². The number of piperidine rings is 2. The Morgan fingerprint density at radius 3 is 1.72 bits per heavy atom. The number of hydrogen-bond acceptors (Lipinski definition) is 1. The molecule has 0 N–H and O–H groups in total. The van der Waals surface area contributed by atoms with E-state index in [0.29, 0.717) is 18.1 Å². The van der Waals surface area contributed by atoms with Crippen molar-refractivity contribution in [1.82, 2.24) is 9.80 Å². The maximum Gasteiger partial charge on any atom is 0.320 e. The SMILES string of the molecule is CCC1CCCCN1C(=O)N1CCCCC1CC. The summed E-state index contributed by atoms with van der Waals surface area (Å²) in [4.78, 5) is 17.1. The first-order chi connectivity index (χ1) is 8.77. The van der Waals surface area contributed by atoms with E-state index in [4.69, 9.17) is 0 Å². The second-order valence-electron chi connectivity index (χ2n) is 5.79. The summed E-state index contributed by atoms with van der Waals surface area (Å²) in [6.07, 6.45) is 9.57. The van der Waals surface area contributed by atoms with Crippen molar-refractivity contribution in [3.8, 4) is 0 Å². The lowest BCUT2D eigenvalue weighted by molar-refractivity contribution is 0.0856. The van der Waals surface area contributed by atoms with Gasteiger partial charge in [0.05, 0.1) is 0 Å². The quantitative estimate of drug-likeness (QED) is 0.736. The predicted molar refractivity (Wildman–Crippen MR) is 74.7 cm³/mol. The van der Waals surface area contributed by atoms with Gasteiger partial charge < -0.3 is 9.80 Å². The zero-order valence-electron chi connectivity index (χ0n) is 12.0. The average molecular weight is 252 g/mol. The number of rotatable bonds is 2. The van der Waals surface area contributed by atoms with Crippen LogP contribution in [-0.2, 0) is 0 Å². The lowest BCUT2D eigenvalue weighted by atomic mass is 9.98. The minimum absolute atomic E-state index is 0.327. The number of likely N-dealkylation sites (tertiary alicyclic amines) is 2. The molecule has 0 spiro atoms. The van der Waals surface area contributed by atoms with Gasteiger partial charge in [-0.05, 0) is 51.4 Å². The van der Waals surface area contributed by atoms with Crippen molar-refractivity contribution >= 4 is 6.03 Å². The largest absolute Gasteiger partial charge is 0.322 e. The topological polar surface area (TPSA) is 23.6 Å². The Kier molecular flexibility index (Phi) is 4.90. The van der Waals surface area contributed by atoms with E-state index in [1.54, 1.807) is 0 Å². The fourth-order valence-corrected chi connectivity index (χ4v) is 3.52. The number of nitrogens with zero attached hydrogens (tertiary/aromatic N) is 2. The summed E-state index contributed by atoms with van der Waals surface area (Å²) >= 11 is 0. The van der Waals surface area contributed by atoms with Crippen molar-refractivity contribution in [3.05, 3.63) is 0 Å². The molecule has 0 bridgehead atoms. The van der Waals surface area contributed by atoms with Crippen LogP contribution in [-0.4, -0.2) is 41.0 Å². The van der Waals surface area contributed by atoms with Crippen LogP contribution in [0.4, 0.5) is 4.79 Å². The van der Waals surface area contributed by atoms with Gasteiger partial charge in [-0.2, -0.15) is 0 Å². The first-order valence-corrected chi connectivity index (χ1v) is 7.85. The molecule has 0 aromatic carbocycles. The lowest BCUT2D eigenvalue weighted by Gasteiger charge is -2.43. The van der Waals surface area contributed by atoms with Crippen LogP contribution < -0.4 is 0 Å². The molecule has 0 radical (unpaired) electrons. The van der Waals surface area contributed by atoms with E-state index in [1.807, 2.05) is 0 Å². The molecule has 18 heavy (non-hydrogen) atoms. The molecule has 0 aromatic rings. The Morgan fingerprint density at radius 1 is 0.889 bits per heavy atom. The minimum Gasteiger partial charge on any atom is -0.322 e. The van der Waals surface area contributed by atoms with Crippen molar-refractivity contribution in [2.75, 3.05) is 13.1 Å². The van der Waals surface area contributed by atoms with Gasteiger partial charge in [-0.15, -0.1) is 0 Å². The normalized spacial score (nSPS) is 29.4. The van der Waals surface area contributed by atoms with E-state index >= 15 is 0 Å². The molecule has 2 rings (SSSR count). The molecular weight excluding hydrogens is 224 g/mol. The van der Waals surface area contributed by atoms with E-state index in [9.17, 15) is 4.79 Å². The monoisotopic (exact) mass is 252 g/mol. The number of amides is 2. The van der Waals surface area contributed by atoms with Crippen LogP contribution in [0, 0.1) is 0 Å². The van der Waals surface area contributed by atoms with Gasteiger partial charge in [0.25, 0.3) is 0 Å². The van der Waals surface area contributed by atoms with Gasteiger partial charge in [0, 0.05) is 25.2 Å². The first-order valence-electron chi connectivity index (χ1n) is 7.85. The maximum absolute atomic E-state index is 12.7. The summed E-state index contributed by atoms with van der Waals surface area (Å²) in [5.41, 5.74) is 0. The minimum atomic E-state index is 0.327. The second kappa shape index (κ2) is 6.44. The van der Waals surface area contributed by atoms with Gasteiger partial charge in [0.15, 0.2) is 0 Å². The summed E-state index contributed by atoms with van der Waals surface area (Å²) < 4.78 is 0. The molecule has 3 heteroatoms. The number of hydrogen-bond donors (Lipinski definition) is 0. The first kappa shape index (κ1) is 13.7. The highest BCUT2D eigenvalue weighted by molar-refractivity contribution is 5.75. The molecule has 2 aliphatic rings. The van der Waals surface area contributed by atoms with Gasteiger partial charge in [0.2, 0.25) is 0 Å². The van der Waals surface area contributed by atoms with E-state index in [0.717, 1.165) is 25.9 Å². The van der Waals surface area contributed by atoms with Crippen molar-refractivity contribution < 1.29 is 4.79 Å². The van der Waals surface area contributed by atoms with Crippen LogP contribution in [0.1, 0.15) is 65.2 Å². The Bertz CT molecular complexity index is 254. The van der Waals surface area contributed by atoms with E-state index < -0.39 is 0 Å². The average Bonchev–Trinajstić information content (AvgIpc) is 2.46. The molecule has 2 unspecified atom stereocenters. The molecule has 0 saturated carbocycles. The van der Waals surface area contributed by atoms with Gasteiger partial charge >= 0.3 is 6.03 Å². The number of carbonyl (C=O) groups excluding carboxylic acids is 1. The summed E-state index contributed by atoms with van der Waals surface area (Å²) in [5.74, 6) is 0. The summed E-state index contributed by atoms with van der Waals surface area (Å²) in [6.45, 7) is 6.38. The van der Waals surface area contributed by atoms with Gasteiger partial charge in [-0.1, -0.05) is 13.8 Å². The maximum atomic E-state index is 12.7. The lowest BCUT2D eigenvalue weighted by Crippen LogP contribution is -2.54. The third-order valence-corrected chi connectivity index (χ3v) is 4.69. The zero-order valence-corrected chi connectivity index (χ0v) is 12.0. The van der Waals surface area contributed by atoms with Crippen LogP contribution >= 0.6 is 0 Å². The van der Waals surface area contributed by atoms with E-state index in [-0.39, 0.29) is 0 Å². The molecule has 2 heterocycles. The molecule has 2 aliphatic heterocycles. The fraction of sp³-hybridized carbons (Fsp3) is 0.933. The Hall–Kier alpha value is -0.730. The fourth-order valence-electron chi connectivity index (χ4n) is 3.52. The van der Waals surface area contributed by atoms with Crippen LogP contribution in [0.15, 0.2) is 0 Å². The molecule has 3 nitrogen and oxygen atoms in total. The smallest absolute Gasteiger partial charge is 0.320 e. The molecule has 2 saturated heterocycles. The molecule has 2 atom stereocenters. The zero-order chi connectivity index (χ0) is 13.0. The Morgan fingerprint density at radius 2 is 1.33 bits per heavy atom. The third kappa shape index (κ3) is 2.81. The standard InChI is InChI=1S/C15H28N2O/c1-3-13-9-5-7-11-16(13)15(18)17-12-8-6-10-14(17)4-2/h13-14H,3-12H2,1-2H3. The molecule has 0 aromatic heterocycles. The van der Waals surface area contributed by atoms with E-state index in [2.05, 4.69) is 23.6 Å². The van der Waals surface area contributed by atoms with Crippen LogP contribution in [0.2, 0.25) is 0 Å². The molecule has 2 amide bonds. The Balaban J connectivity index is 2.03. The summed E-state index contributed by atoms with van der Waals surface area (Å²) in [5, 5.41) is 0. The van der Waals surface area contributed by atoms with Gasteiger partial charge in [-0.25, -0.2) is 4.79 Å². The van der Waals surface area contributed by atoms with Crippen LogP contribution in [0.3, 0.4) is 0 Å².